The van der Waals surface area contributed by atoms with E-state index in [1.807, 2.05) is 0 Å². The molecule has 0 radical (unpaired) electrons. The van der Waals surface area contributed by atoms with Crippen LogP contribution in [0, 0.1) is 10.1 Å². The van der Waals surface area contributed by atoms with Crippen LogP contribution in [0.25, 0.3) is 11.1 Å². The molecule has 0 N–H and O–H groups in total. The number of oxazole rings is 1. The summed E-state index contributed by atoms with van der Waals surface area (Å²) in [6, 6.07) is 4.03. The summed E-state index contributed by atoms with van der Waals surface area (Å²) in [5.41, 5.74) is 0.636. The normalized spacial score (nSPS) is 11.0. The van der Waals surface area contributed by atoms with Gasteiger partial charge in [-0.15, -0.1) is 0 Å². The maximum atomic E-state index is 11.6. The van der Waals surface area contributed by atoms with Crippen molar-refractivity contribution in [3.05, 3.63) is 38.9 Å². The zero-order valence-corrected chi connectivity index (χ0v) is 10.8. The lowest BCUT2D eigenvalue weighted by Gasteiger charge is -2.03. The van der Waals surface area contributed by atoms with Crippen molar-refractivity contribution in [1.29, 1.82) is 0 Å². The molecular weight excluding hydrogens is 272 g/mol. The number of non-ortho nitro benzene ring substituents is 1. The average Bonchev–Trinajstić information content (AvgIpc) is 2.70. The van der Waals surface area contributed by atoms with Gasteiger partial charge in [-0.05, 0) is 6.07 Å². The minimum Gasteiger partial charge on any atom is -0.408 e. The van der Waals surface area contributed by atoms with Gasteiger partial charge in [-0.1, -0.05) is 0 Å². The second kappa shape index (κ2) is 5.89. The van der Waals surface area contributed by atoms with Crippen molar-refractivity contribution in [1.82, 2.24) is 4.57 Å². The van der Waals surface area contributed by atoms with Crippen LogP contribution in [0.15, 0.2) is 27.4 Å². The third-order valence-corrected chi connectivity index (χ3v) is 2.74. The number of fused-ring (bicyclic) bond motifs is 1. The Balaban J connectivity index is 2.30. The molecule has 0 aliphatic rings. The van der Waals surface area contributed by atoms with Gasteiger partial charge in [0.1, 0.15) is 0 Å². The van der Waals surface area contributed by atoms with Gasteiger partial charge in [-0.2, -0.15) is 12.6 Å². The van der Waals surface area contributed by atoms with E-state index in [2.05, 4.69) is 12.6 Å². The number of nitrogens with zero attached hydrogens (tertiary/aromatic N) is 2. The number of aromatic nitrogens is 1. The number of hydrogen-bond acceptors (Lipinski definition) is 6. The molecule has 102 valence electrons. The van der Waals surface area contributed by atoms with E-state index < -0.39 is 10.7 Å². The van der Waals surface area contributed by atoms with Crippen molar-refractivity contribution in [3.63, 3.8) is 0 Å². The zero-order valence-electron chi connectivity index (χ0n) is 9.94. The smallest absolute Gasteiger partial charge is 0.408 e. The maximum Gasteiger partial charge on any atom is 0.420 e. The second-order valence-electron chi connectivity index (χ2n) is 3.76. The molecule has 0 atom stereocenters. The Labute approximate surface area is 113 Å². The lowest BCUT2D eigenvalue weighted by molar-refractivity contribution is -0.384. The zero-order chi connectivity index (χ0) is 13.8. The molecule has 0 saturated heterocycles. The van der Waals surface area contributed by atoms with Gasteiger partial charge in [-0.3, -0.25) is 14.7 Å². The quantitative estimate of drug-likeness (QED) is 0.375. The van der Waals surface area contributed by atoms with Crippen LogP contribution in [0.4, 0.5) is 5.69 Å². The predicted molar refractivity (Wildman–Crippen MR) is 71.8 cm³/mol. The average molecular weight is 284 g/mol. The highest BCUT2D eigenvalue weighted by atomic mass is 32.1. The second-order valence-corrected chi connectivity index (χ2v) is 4.21. The first-order valence-corrected chi connectivity index (χ1v) is 6.23. The van der Waals surface area contributed by atoms with Gasteiger partial charge in [-0.25, -0.2) is 4.79 Å². The topological polar surface area (TPSA) is 87.5 Å². The Morgan fingerprint density at radius 1 is 1.42 bits per heavy atom. The van der Waals surface area contributed by atoms with Crippen molar-refractivity contribution in [2.45, 2.75) is 6.54 Å². The van der Waals surface area contributed by atoms with E-state index >= 15 is 0 Å². The first kappa shape index (κ1) is 13.6. The fourth-order valence-electron chi connectivity index (χ4n) is 1.70. The summed E-state index contributed by atoms with van der Waals surface area (Å²) in [4.78, 5) is 21.8. The minimum absolute atomic E-state index is 0.0849. The molecule has 0 amide bonds. The van der Waals surface area contributed by atoms with Crippen molar-refractivity contribution >= 4 is 29.4 Å². The molecule has 2 aromatic rings. The summed E-state index contributed by atoms with van der Waals surface area (Å²) in [5, 5.41) is 10.7. The molecule has 0 saturated carbocycles. The van der Waals surface area contributed by atoms with Crippen LogP contribution in [-0.2, 0) is 11.3 Å². The van der Waals surface area contributed by atoms with E-state index in [4.69, 9.17) is 9.15 Å². The molecule has 19 heavy (non-hydrogen) atoms. The number of ether oxygens (including phenoxy) is 1. The van der Waals surface area contributed by atoms with Crippen LogP contribution < -0.4 is 5.76 Å². The van der Waals surface area contributed by atoms with Crippen LogP contribution in [-0.4, -0.2) is 28.5 Å². The number of rotatable bonds is 6. The fraction of sp³-hybridized carbons (Fsp3) is 0.364. The highest BCUT2D eigenvalue weighted by molar-refractivity contribution is 7.80. The van der Waals surface area contributed by atoms with Gasteiger partial charge >= 0.3 is 5.76 Å². The van der Waals surface area contributed by atoms with Crippen LogP contribution >= 0.6 is 12.6 Å². The SMILES string of the molecule is O=c1oc2ccc([N+](=O)[O-])cc2n1CCOCCS. The van der Waals surface area contributed by atoms with Crippen molar-refractivity contribution in [3.8, 4) is 0 Å². The van der Waals surface area contributed by atoms with E-state index in [-0.39, 0.29) is 12.2 Å². The monoisotopic (exact) mass is 284 g/mol. The van der Waals surface area contributed by atoms with E-state index in [0.29, 0.717) is 30.1 Å². The van der Waals surface area contributed by atoms with Crippen molar-refractivity contribution in [2.75, 3.05) is 19.0 Å². The Kier molecular flexibility index (Phi) is 4.23. The highest BCUT2D eigenvalue weighted by Crippen LogP contribution is 2.19. The summed E-state index contributed by atoms with van der Waals surface area (Å²) in [5.74, 6) is 0.0388. The van der Waals surface area contributed by atoms with Gasteiger partial charge < -0.3 is 9.15 Å². The molecule has 0 bridgehead atoms. The highest BCUT2D eigenvalue weighted by Gasteiger charge is 2.13. The van der Waals surface area contributed by atoms with Crippen LogP contribution in [0.1, 0.15) is 0 Å². The van der Waals surface area contributed by atoms with Gasteiger partial charge in [0.05, 0.1) is 30.2 Å². The molecule has 0 spiro atoms. The van der Waals surface area contributed by atoms with Gasteiger partial charge in [0.15, 0.2) is 5.58 Å². The Bertz CT molecular complexity index is 648. The van der Waals surface area contributed by atoms with Crippen molar-refractivity contribution in [2.24, 2.45) is 0 Å². The number of hydrogen-bond donors (Lipinski definition) is 1. The molecule has 2 rings (SSSR count). The fourth-order valence-corrected chi connectivity index (χ4v) is 1.83. The number of thiol groups is 1. The lowest BCUT2D eigenvalue weighted by atomic mass is 10.3. The Morgan fingerprint density at radius 2 is 2.21 bits per heavy atom. The summed E-state index contributed by atoms with van der Waals surface area (Å²) in [6.07, 6.45) is 0. The minimum atomic E-state index is -0.551. The molecule has 0 aliphatic heterocycles. The van der Waals surface area contributed by atoms with Gasteiger partial charge in [0.25, 0.3) is 5.69 Å². The van der Waals surface area contributed by atoms with Crippen LogP contribution in [0.3, 0.4) is 0 Å². The summed E-state index contributed by atoms with van der Waals surface area (Å²) in [7, 11) is 0. The van der Waals surface area contributed by atoms with E-state index in [1.54, 1.807) is 0 Å². The first-order chi connectivity index (χ1) is 9.13. The number of benzene rings is 1. The Hall–Kier alpha value is -1.80. The molecule has 1 heterocycles. The molecule has 8 heteroatoms. The standard InChI is InChI=1S/C11H12N2O5S/c14-11-12(3-4-17-5-6-19)9-7-8(13(15)16)1-2-10(9)18-11/h1-2,7,19H,3-6H2. The van der Waals surface area contributed by atoms with Gasteiger partial charge in [0.2, 0.25) is 0 Å². The third-order valence-electron chi connectivity index (χ3n) is 2.56. The van der Waals surface area contributed by atoms with Crippen LogP contribution in [0.2, 0.25) is 0 Å². The predicted octanol–water partition coefficient (Wildman–Crippen LogP) is 1.45. The van der Waals surface area contributed by atoms with Crippen molar-refractivity contribution < 1.29 is 14.1 Å². The largest absolute Gasteiger partial charge is 0.420 e. The Morgan fingerprint density at radius 3 is 2.89 bits per heavy atom. The number of nitro benzene ring substituents is 1. The van der Waals surface area contributed by atoms with E-state index in [9.17, 15) is 14.9 Å². The number of nitro groups is 1. The molecule has 0 fully saturated rings. The maximum absolute atomic E-state index is 11.6. The summed E-state index contributed by atoms with van der Waals surface area (Å²) < 4.78 is 11.6. The summed E-state index contributed by atoms with van der Waals surface area (Å²) >= 11 is 4.00. The lowest BCUT2D eigenvalue weighted by Crippen LogP contribution is -2.17. The molecule has 0 unspecified atom stereocenters. The molecule has 1 aromatic heterocycles. The third kappa shape index (κ3) is 2.96. The van der Waals surface area contributed by atoms with E-state index in [0.717, 1.165) is 0 Å². The van der Waals surface area contributed by atoms with E-state index in [1.165, 1.54) is 22.8 Å². The molecule has 7 nitrogen and oxygen atoms in total. The van der Waals surface area contributed by atoms with Crippen LogP contribution in [0.5, 0.6) is 0 Å². The van der Waals surface area contributed by atoms with Gasteiger partial charge in [0, 0.05) is 17.9 Å². The first-order valence-electron chi connectivity index (χ1n) is 5.60. The molecular formula is C11H12N2O5S. The molecule has 0 aliphatic carbocycles. The molecule has 1 aromatic carbocycles. The summed E-state index contributed by atoms with van der Waals surface area (Å²) in [6.45, 7) is 1.08.